The van der Waals surface area contributed by atoms with Crippen molar-refractivity contribution in [3.05, 3.63) is 40.0 Å². The molecule has 0 bridgehead atoms. The highest BCUT2D eigenvalue weighted by molar-refractivity contribution is 7.16. The smallest absolute Gasteiger partial charge is 0.256 e. The summed E-state index contributed by atoms with van der Waals surface area (Å²) < 4.78 is 0. The second kappa shape index (κ2) is 4.89. The van der Waals surface area contributed by atoms with Gasteiger partial charge in [-0.2, -0.15) is 0 Å². The van der Waals surface area contributed by atoms with E-state index in [1.165, 1.54) is 10.4 Å². The standard InChI is InChI=1S/C15H18N4OS/c1-2-19-7-5-9-11(8-19)21-15-12(9)14(20)17-13(18-15)10-4-3-6-16-10/h3-4,6,13,16,18H,2,5,7-8H2,1H3,(H,17,20)/p+1/t13-/m0/s1. The van der Waals surface area contributed by atoms with Gasteiger partial charge in [-0.05, 0) is 24.6 Å². The van der Waals surface area contributed by atoms with E-state index in [2.05, 4.69) is 22.5 Å². The lowest BCUT2D eigenvalue weighted by Gasteiger charge is -2.26. The SMILES string of the molecule is CC[NH+]1CCc2c(sc3c2C(=O)N[C@H](c2ccc[nH]2)N3)C1. The molecule has 2 aliphatic rings. The molecule has 5 nitrogen and oxygen atoms in total. The van der Waals surface area contributed by atoms with Crippen molar-refractivity contribution in [2.45, 2.75) is 26.1 Å². The fourth-order valence-corrected chi connectivity index (χ4v) is 4.57. The van der Waals surface area contributed by atoms with Crippen LogP contribution in [0.5, 0.6) is 0 Å². The molecule has 1 unspecified atom stereocenters. The molecule has 4 rings (SSSR count). The minimum absolute atomic E-state index is 0.0563. The van der Waals surface area contributed by atoms with Crippen molar-refractivity contribution < 1.29 is 9.69 Å². The van der Waals surface area contributed by atoms with Crippen LogP contribution in [0.3, 0.4) is 0 Å². The van der Waals surface area contributed by atoms with Gasteiger partial charge in [-0.3, -0.25) is 4.79 Å². The van der Waals surface area contributed by atoms with Gasteiger partial charge in [-0.1, -0.05) is 0 Å². The zero-order valence-corrected chi connectivity index (χ0v) is 12.8. The van der Waals surface area contributed by atoms with E-state index in [1.54, 1.807) is 16.2 Å². The van der Waals surface area contributed by atoms with Gasteiger partial charge in [0.2, 0.25) is 0 Å². The summed E-state index contributed by atoms with van der Waals surface area (Å²) in [6.45, 7) is 5.54. The first-order valence-electron chi connectivity index (χ1n) is 7.45. The second-order valence-corrected chi connectivity index (χ2v) is 6.77. The van der Waals surface area contributed by atoms with Gasteiger partial charge in [-0.25, -0.2) is 0 Å². The highest BCUT2D eigenvalue weighted by Crippen LogP contribution is 2.38. The van der Waals surface area contributed by atoms with Crippen molar-refractivity contribution in [1.82, 2.24) is 10.3 Å². The number of carbonyl (C=O) groups is 1. The number of hydrogen-bond donors (Lipinski definition) is 4. The van der Waals surface area contributed by atoms with E-state index in [-0.39, 0.29) is 12.1 Å². The number of thiophene rings is 1. The van der Waals surface area contributed by atoms with E-state index in [4.69, 9.17) is 0 Å². The molecule has 0 saturated heterocycles. The van der Waals surface area contributed by atoms with Crippen molar-refractivity contribution in [3.63, 3.8) is 0 Å². The number of anilines is 1. The predicted octanol–water partition coefficient (Wildman–Crippen LogP) is 0.891. The Hall–Kier alpha value is -1.79. The van der Waals surface area contributed by atoms with E-state index in [0.29, 0.717) is 0 Å². The summed E-state index contributed by atoms with van der Waals surface area (Å²) in [5.74, 6) is 0.0563. The monoisotopic (exact) mass is 303 g/mol. The van der Waals surface area contributed by atoms with Gasteiger partial charge in [0.15, 0.2) is 0 Å². The van der Waals surface area contributed by atoms with Crippen LogP contribution in [0.15, 0.2) is 18.3 Å². The Kier molecular flexibility index (Phi) is 3.01. The minimum Gasteiger partial charge on any atom is -0.362 e. The summed E-state index contributed by atoms with van der Waals surface area (Å²) in [7, 11) is 0. The first kappa shape index (κ1) is 12.9. The van der Waals surface area contributed by atoms with E-state index in [1.807, 2.05) is 18.3 Å². The molecule has 1 amide bonds. The molecule has 0 aromatic carbocycles. The first-order valence-corrected chi connectivity index (χ1v) is 8.26. The second-order valence-electron chi connectivity index (χ2n) is 5.66. The predicted molar refractivity (Wildman–Crippen MR) is 82.7 cm³/mol. The molecule has 2 aromatic rings. The van der Waals surface area contributed by atoms with Crippen molar-refractivity contribution in [2.75, 3.05) is 18.4 Å². The van der Waals surface area contributed by atoms with Crippen molar-refractivity contribution in [2.24, 2.45) is 0 Å². The maximum atomic E-state index is 12.5. The Morgan fingerprint density at radius 3 is 3.10 bits per heavy atom. The zero-order chi connectivity index (χ0) is 14.4. The van der Waals surface area contributed by atoms with Crippen molar-refractivity contribution >= 4 is 22.2 Å². The molecular weight excluding hydrogens is 284 g/mol. The maximum absolute atomic E-state index is 12.5. The molecule has 2 atom stereocenters. The molecule has 21 heavy (non-hydrogen) atoms. The van der Waals surface area contributed by atoms with E-state index in [9.17, 15) is 4.79 Å². The Balaban J connectivity index is 1.69. The maximum Gasteiger partial charge on any atom is 0.256 e. The van der Waals surface area contributed by atoms with Crippen LogP contribution in [0.2, 0.25) is 0 Å². The summed E-state index contributed by atoms with van der Waals surface area (Å²) in [6.07, 6.45) is 2.72. The van der Waals surface area contributed by atoms with Crippen LogP contribution in [0.4, 0.5) is 5.00 Å². The molecule has 2 aromatic heterocycles. The number of likely N-dealkylation sites (N-methyl/N-ethyl adjacent to an activating group) is 1. The molecule has 4 N–H and O–H groups in total. The van der Waals surface area contributed by atoms with Gasteiger partial charge in [0.25, 0.3) is 5.91 Å². The summed E-state index contributed by atoms with van der Waals surface area (Å²) in [5, 5.41) is 7.55. The number of quaternary nitrogens is 1. The normalized spacial score (nSPS) is 24.0. The van der Waals surface area contributed by atoms with Crippen LogP contribution in [-0.4, -0.2) is 24.0 Å². The van der Waals surface area contributed by atoms with Crippen LogP contribution >= 0.6 is 11.3 Å². The van der Waals surface area contributed by atoms with Crippen LogP contribution in [0.1, 0.15) is 39.6 Å². The lowest BCUT2D eigenvalue weighted by atomic mass is 10.0. The number of carbonyl (C=O) groups excluding carboxylic acids is 1. The minimum atomic E-state index is -0.158. The lowest BCUT2D eigenvalue weighted by molar-refractivity contribution is -0.913. The average Bonchev–Trinajstić information content (AvgIpc) is 3.13. The fourth-order valence-electron chi connectivity index (χ4n) is 3.23. The Morgan fingerprint density at radius 1 is 1.43 bits per heavy atom. The topological polar surface area (TPSA) is 61.4 Å². The van der Waals surface area contributed by atoms with E-state index < -0.39 is 0 Å². The van der Waals surface area contributed by atoms with Crippen LogP contribution in [0.25, 0.3) is 0 Å². The Bertz CT molecular complexity index is 676. The highest BCUT2D eigenvalue weighted by Gasteiger charge is 2.34. The number of nitrogens with one attached hydrogen (secondary N) is 4. The molecule has 0 radical (unpaired) electrons. The van der Waals surface area contributed by atoms with Crippen LogP contribution in [0, 0.1) is 0 Å². The Labute approximate surface area is 127 Å². The summed E-state index contributed by atoms with van der Waals surface area (Å²) >= 11 is 1.76. The third kappa shape index (κ3) is 2.06. The molecule has 0 fully saturated rings. The van der Waals surface area contributed by atoms with E-state index >= 15 is 0 Å². The fraction of sp³-hybridized carbons (Fsp3) is 0.400. The van der Waals surface area contributed by atoms with Crippen molar-refractivity contribution in [3.8, 4) is 0 Å². The average molecular weight is 303 g/mol. The van der Waals surface area contributed by atoms with Crippen molar-refractivity contribution in [1.29, 1.82) is 0 Å². The molecular formula is C15H19N4OS+. The van der Waals surface area contributed by atoms with Gasteiger partial charge in [0, 0.05) is 12.6 Å². The molecule has 110 valence electrons. The van der Waals surface area contributed by atoms with Gasteiger partial charge >= 0.3 is 0 Å². The molecule has 4 heterocycles. The third-order valence-electron chi connectivity index (χ3n) is 4.44. The number of aromatic nitrogens is 1. The highest BCUT2D eigenvalue weighted by atomic mass is 32.1. The number of rotatable bonds is 2. The quantitative estimate of drug-likeness (QED) is 0.666. The number of fused-ring (bicyclic) bond motifs is 3. The number of amides is 1. The van der Waals surface area contributed by atoms with Gasteiger partial charge in [-0.15, -0.1) is 11.3 Å². The van der Waals surface area contributed by atoms with E-state index in [0.717, 1.165) is 42.3 Å². The Morgan fingerprint density at radius 2 is 2.33 bits per heavy atom. The summed E-state index contributed by atoms with van der Waals surface area (Å²) in [6, 6.07) is 3.93. The lowest BCUT2D eigenvalue weighted by Crippen LogP contribution is -3.11. The molecule has 0 aliphatic carbocycles. The molecule has 0 saturated carbocycles. The van der Waals surface area contributed by atoms with Gasteiger partial charge in [0.1, 0.15) is 17.7 Å². The molecule has 2 aliphatic heterocycles. The third-order valence-corrected chi connectivity index (χ3v) is 5.60. The van der Waals surface area contributed by atoms with Gasteiger partial charge in [0.05, 0.1) is 29.2 Å². The summed E-state index contributed by atoms with van der Waals surface area (Å²) in [5.41, 5.74) is 3.14. The van der Waals surface area contributed by atoms with Gasteiger partial charge < -0.3 is 20.5 Å². The number of hydrogen-bond acceptors (Lipinski definition) is 3. The van der Waals surface area contributed by atoms with Crippen LogP contribution in [-0.2, 0) is 13.0 Å². The zero-order valence-electron chi connectivity index (χ0n) is 12.0. The summed E-state index contributed by atoms with van der Waals surface area (Å²) in [4.78, 5) is 18.6. The molecule has 6 heteroatoms. The first-order chi connectivity index (χ1) is 10.3. The number of aromatic amines is 1. The number of H-pyrrole nitrogens is 1. The largest absolute Gasteiger partial charge is 0.362 e. The molecule has 0 spiro atoms. The van der Waals surface area contributed by atoms with Crippen LogP contribution < -0.4 is 15.5 Å².